The van der Waals surface area contributed by atoms with E-state index < -0.39 is 23.2 Å². The highest BCUT2D eigenvalue weighted by atomic mass is 19.2. The first-order chi connectivity index (χ1) is 8.91. The number of rotatable bonds is 2. The van der Waals surface area contributed by atoms with Gasteiger partial charge in [0.05, 0.1) is 11.3 Å². The first kappa shape index (κ1) is 13.7. The number of anilines is 1. The van der Waals surface area contributed by atoms with Crippen molar-refractivity contribution in [2.75, 3.05) is 11.4 Å². The maximum absolute atomic E-state index is 14.0. The Kier molecular flexibility index (Phi) is 3.71. The number of piperidine rings is 1. The summed E-state index contributed by atoms with van der Waals surface area (Å²) in [5.74, 6) is -3.90. The smallest absolute Gasteiger partial charge is 0.338 e. The van der Waals surface area contributed by atoms with Gasteiger partial charge < -0.3 is 15.7 Å². The van der Waals surface area contributed by atoms with E-state index in [1.54, 1.807) is 4.90 Å². The lowest BCUT2D eigenvalue weighted by molar-refractivity contribution is 0.0690. The van der Waals surface area contributed by atoms with Gasteiger partial charge in [-0.3, -0.25) is 0 Å². The van der Waals surface area contributed by atoms with Crippen LogP contribution in [0.4, 0.5) is 14.5 Å². The van der Waals surface area contributed by atoms with E-state index in [0.717, 1.165) is 6.07 Å². The predicted octanol–water partition coefficient (Wildman–Crippen LogP) is 1.98. The summed E-state index contributed by atoms with van der Waals surface area (Å²) in [6, 6.07) is 2.47. The van der Waals surface area contributed by atoms with E-state index in [4.69, 9.17) is 10.8 Å². The lowest BCUT2D eigenvalue weighted by atomic mass is 9.98. The van der Waals surface area contributed by atoms with Crippen LogP contribution in [0.25, 0.3) is 0 Å². The van der Waals surface area contributed by atoms with E-state index in [0.29, 0.717) is 19.4 Å². The van der Waals surface area contributed by atoms with Crippen molar-refractivity contribution in [1.82, 2.24) is 0 Å². The summed E-state index contributed by atoms with van der Waals surface area (Å²) >= 11 is 0. The quantitative estimate of drug-likeness (QED) is 0.862. The Morgan fingerprint density at radius 1 is 1.42 bits per heavy atom. The molecule has 19 heavy (non-hydrogen) atoms. The van der Waals surface area contributed by atoms with Gasteiger partial charge in [-0.05, 0) is 31.9 Å². The van der Waals surface area contributed by atoms with E-state index in [1.165, 1.54) is 6.07 Å². The fraction of sp³-hybridized carbons (Fsp3) is 0.462. The van der Waals surface area contributed by atoms with Crippen LogP contribution in [0.5, 0.6) is 0 Å². The third kappa shape index (κ3) is 2.53. The standard InChI is InChI=1S/C13H16F2N2O2/c1-7-6-8(16)4-5-17(7)10-3-2-9(13(18)19)11(14)12(10)15/h2-3,7-8H,4-6,16H2,1H3,(H,18,19). The molecule has 4 nitrogen and oxygen atoms in total. The zero-order valence-electron chi connectivity index (χ0n) is 10.6. The van der Waals surface area contributed by atoms with Crippen LogP contribution in [0.15, 0.2) is 12.1 Å². The molecule has 0 spiro atoms. The van der Waals surface area contributed by atoms with Gasteiger partial charge in [-0.25, -0.2) is 13.6 Å². The van der Waals surface area contributed by atoms with Crippen LogP contribution < -0.4 is 10.6 Å². The fourth-order valence-corrected chi connectivity index (χ4v) is 2.49. The number of carboxylic acid groups (broad SMARTS) is 1. The minimum Gasteiger partial charge on any atom is -0.478 e. The van der Waals surface area contributed by atoms with Crippen molar-refractivity contribution >= 4 is 11.7 Å². The SMILES string of the molecule is CC1CC(N)CCN1c1ccc(C(=O)O)c(F)c1F. The first-order valence-corrected chi connectivity index (χ1v) is 6.15. The van der Waals surface area contributed by atoms with Crippen molar-refractivity contribution in [2.24, 2.45) is 5.73 Å². The molecule has 0 aliphatic carbocycles. The van der Waals surface area contributed by atoms with Crippen LogP contribution in [-0.4, -0.2) is 29.7 Å². The highest BCUT2D eigenvalue weighted by molar-refractivity contribution is 5.88. The maximum atomic E-state index is 14.0. The van der Waals surface area contributed by atoms with E-state index in [-0.39, 0.29) is 17.8 Å². The molecule has 6 heteroatoms. The Balaban J connectivity index is 2.36. The molecule has 0 aromatic heterocycles. The summed E-state index contributed by atoms with van der Waals surface area (Å²) < 4.78 is 27.6. The van der Waals surface area contributed by atoms with Gasteiger partial charge >= 0.3 is 5.97 Å². The van der Waals surface area contributed by atoms with Gasteiger partial charge in [0.1, 0.15) is 0 Å². The number of aromatic carboxylic acids is 1. The highest BCUT2D eigenvalue weighted by Gasteiger charge is 2.27. The molecule has 2 atom stereocenters. The van der Waals surface area contributed by atoms with E-state index in [9.17, 15) is 13.6 Å². The molecular formula is C13H16F2N2O2. The molecule has 1 heterocycles. The number of nitrogens with two attached hydrogens (primary N) is 1. The van der Waals surface area contributed by atoms with Gasteiger partial charge in [-0.2, -0.15) is 0 Å². The Morgan fingerprint density at radius 2 is 2.11 bits per heavy atom. The summed E-state index contributed by atoms with van der Waals surface area (Å²) in [5.41, 5.74) is 5.27. The number of benzene rings is 1. The summed E-state index contributed by atoms with van der Waals surface area (Å²) in [4.78, 5) is 12.5. The number of hydrogen-bond donors (Lipinski definition) is 2. The van der Waals surface area contributed by atoms with Crippen molar-refractivity contribution in [3.05, 3.63) is 29.3 Å². The topological polar surface area (TPSA) is 66.6 Å². The molecule has 0 saturated carbocycles. The average molecular weight is 270 g/mol. The van der Waals surface area contributed by atoms with Crippen LogP contribution in [0.3, 0.4) is 0 Å². The van der Waals surface area contributed by atoms with E-state index >= 15 is 0 Å². The van der Waals surface area contributed by atoms with Crippen LogP contribution in [0.2, 0.25) is 0 Å². The largest absolute Gasteiger partial charge is 0.478 e. The molecule has 1 aromatic carbocycles. The fourth-order valence-electron chi connectivity index (χ4n) is 2.49. The Morgan fingerprint density at radius 3 is 2.68 bits per heavy atom. The molecule has 1 fully saturated rings. The van der Waals surface area contributed by atoms with Gasteiger partial charge in [-0.1, -0.05) is 0 Å². The number of hydrogen-bond acceptors (Lipinski definition) is 3. The zero-order chi connectivity index (χ0) is 14.2. The van der Waals surface area contributed by atoms with Gasteiger partial charge in [0.25, 0.3) is 0 Å². The van der Waals surface area contributed by atoms with Crippen molar-refractivity contribution in [1.29, 1.82) is 0 Å². The lowest BCUT2D eigenvalue weighted by Gasteiger charge is -2.38. The summed E-state index contributed by atoms with van der Waals surface area (Å²) in [5, 5.41) is 8.74. The molecule has 104 valence electrons. The highest BCUT2D eigenvalue weighted by Crippen LogP contribution is 2.29. The second-order valence-corrected chi connectivity index (χ2v) is 4.89. The molecule has 0 radical (unpaired) electrons. The maximum Gasteiger partial charge on any atom is 0.338 e. The lowest BCUT2D eigenvalue weighted by Crippen LogP contribution is -2.46. The van der Waals surface area contributed by atoms with Crippen LogP contribution >= 0.6 is 0 Å². The van der Waals surface area contributed by atoms with Gasteiger partial charge in [0.2, 0.25) is 0 Å². The number of nitrogens with zero attached hydrogens (tertiary/aromatic N) is 1. The molecular weight excluding hydrogens is 254 g/mol. The van der Waals surface area contributed by atoms with E-state index in [2.05, 4.69) is 0 Å². The van der Waals surface area contributed by atoms with Crippen LogP contribution in [0.1, 0.15) is 30.1 Å². The van der Waals surface area contributed by atoms with Crippen LogP contribution in [0, 0.1) is 11.6 Å². The zero-order valence-corrected chi connectivity index (χ0v) is 10.6. The van der Waals surface area contributed by atoms with Crippen molar-refractivity contribution in [3.63, 3.8) is 0 Å². The molecule has 0 amide bonds. The summed E-state index contributed by atoms with van der Waals surface area (Å²) in [6.07, 6.45) is 1.40. The second-order valence-electron chi connectivity index (χ2n) is 4.89. The molecule has 2 rings (SSSR count). The Bertz CT molecular complexity index is 508. The number of carboxylic acids is 1. The molecule has 2 unspecified atom stereocenters. The van der Waals surface area contributed by atoms with Crippen molar-refractivity contribution in [2.45, 2.75) is 31.8 Å². The van der Waals surface area contributed by atoms with Gasteiger partial charge in [0.15, 0.2) is 11.6 Å². The third-order valence-corrected chi connectivity index (χ3v) is 3.52. The summed E-state index contributed by atoms with van der Waals surface area (Å²) in [6.45, 7) is 2.42. The van der Waals surface area contributed by atoms with E-state index in [1.807, 2.05) is 6.92 Å². The molecule has 0 bridgehead atoms. The molecule has 1 aromatic rings. The number of halogens is 2. The molecule has 1 aliphatic heterocycles. The molecule has 1 saturated heterocycles. The predicted molar refractivity (Wildman–Crippen MR) is 67.3 cm³/mol. The normalized spacial score (nSPS) is 23.5. The molecule has 1 aliphatic rings. The summed E-state index contributed by atoms with van der Waals surface area (Å²) in [7, 11) is 0. The van der Waals surface area contributed by atoms with Crippen molar-refractivity contribution in [3.8, 4) is 0 Å². The van der Waals surface area contributed by atoms with Gasteiger partial charge in [-0.15, -0.1) is 0 Å². The Hall–Kier alpha value is -1.69. The van der Waals surface area contributed by atoms with Crippen molar-refractivity contribution < 1.29 is 18.7 Å². The minimum atomic E-state index is -1.48. The molecule has 3 N–H and O–H groups in total. The second kappa shape index (κ2) is 5.13. The minimum absolute atomic E-state index is 0.00618. The third-order valence-electron chi connectivity index (χ3n) is 3.52. The number of carbonyl (C=O) groups is 1. The first-order valence-electron chi connectivity index (χ1n) is 6.15. The van der Waals surface area contributed by atoms with Crippen LogP contribution in [-0.2, 0) is 0 Å². The monoisotopic (exact) mass is 270 g/mol. The Labute approximate surface area is 109 Å². The van der Waals surface area contributed by atoms with Gasteiger partial charge in [0, 0.05) is 18.6 Å². The average Bonchev–Trinajstić information content (AvgIpc) is 2.33.